The summed E-state index contributed by atoms with van der Waals surface area (Å²) >= 11 is 0. The van der Waals surface area contributed by atoms with Gasteiger partial charge in [0, 0.05) is 37.3 Å². The molecule has 0 radical (unpaired) electrons. The molecule has 0 saturated carbocycles. The summed E-state index contributed by atoms with van der Waals surface area (Å²) in [4.78, 5) is 14.3. The highest BCUT2D eigenvalue weighted by atomic mass is 16.1. The highest BCUT2D eigenvalue weighted by molar-refractivity contribution is 5.78. The number of nitrogens with zero attached hydrogens (tertiary/aromatic N) is 2. The number of aromatic amines is 1. The molecular weight excluding hydrogens is 228 g/mol. The number of amides is 1. The van der Waals surface area contributed by atoms with Crippen molar-refractivity contribution in [2.45, 2.75) is 26.2 Å². The Bertz CT molecular complexity index is 357. The van der Waals surface area contributed by atoms with Gasteiger partial charge in [-0.2, -0.15) is 5.10 Å². The van der Waals surface area contributed by atoms with Crippen molar-refractivity contribution in [3.8, 4) is 0 Å². The van der Waals surface area contributed by atoms with Gasteiger partial charge in [-0.25, -0.2) is 0 Å². The van der Waals surface area contributed by atoms with Crippen LogP contribution in [0.4, 0.5) is 0 Å². The summed E-state index contributed by atoms with van der Waals surface area (Å²) < 4.78 is 0. The first-order chi connectivity index (χ1) is 8.75. The van der Waals surface area contributed by atoms with E-state index in [9.17, 15) is 4.79 Å². The molecule has 1 saturated heterocycles. The number of likely N-dealkylation sites (tertiary alicyclic amines) is 1. The fraction of sp³-hybridized carbons (Fsp3) is 0.692. The molecule has 5 heteroatoms. The van der Waals surface area contributed by atoms with Gasteiger partial charge in [-0.15, -0.1) is 0 Å². The van der Waals surface area contributed by atoms with Crippen LogP contribution in [0.1, 0.15) is 25.5 Å². The third-order valence-corrected chi connectivity index (χ3v) is 3.43. The second kappa shape index (κ2) is 6.54. The number of carbonyl (C=O) groups excluding carboxylic acids is 1. The minimum absolute atomic E-state index is 0.0740. The Labute approximate surface area is 108 Å². The smallest absolute Gasteiger partial charge is 0.224 e. The molecule has 1 fully saturated rings. The van der Waals surface area contributed by atoms with Gasteiger partial charge in [-0.1, -0.05) is 6.92 Å². The van der Waals surface area contributed by atoms with Crippen LogP contribution in [0.5, 0.6) is 0 Å². The van der Waals surface area contributed by atoms with Crippen LogP contribution in [0.25, 0.3) is 0 Å². The number of hydrogen-bond acceptors (Lipinski definition) is 3. The molecule has 100 valence electrons. The number of H-pyrrole nitrogens is 1. The molecule has 5 nitrogen and oxygen atoms in total. The van der Waals surface area contributed by atoms with Gasteiger partial charge in [0.25, 0.3) is 0 Å². The van der Waals surface area contributed by atoms with E-state index in [0.29, 0.717) is 6.54 Å². The van der Waals surface area contributed by atoms with Crippen LogP contribution >= 0.6 is 0 Å². The molecule has 0 unspecified atom stereocenters. The summed E-state index contributed by atoms with van der Waals surface area (Å²) in [5.41, 5.74) is 1.06. The average Bonchev–Trinajstić information content (AvgIpc) is 3.01. The molecule has 1 aliphatic rings. The predicted molar refractivity (Wildman–Crippen MR) is 70.1 cm³/mol. The monoisotopic (exact) mass is 250 g/mol. The summed E-state index contributed by atoms with van der Waals surface area (Å²) in [6.45, 7) is 5.85. The van der Waals surface area contributed by atoms with E-state index in [1.54, 1.807) is 6.20 Å². The van der Waals surface area contributed by atoms with E-state index in [1.165, 1.54) is 12.8 Å². The Hall–Kier alpha value is -1.36. The van der Waals surface area contributed by atoms with Crippen LogP contribution in [0, 0.1) is 5.92 Å². The fourth-order valence-electron chi connectivity index (χ4n) is 2.35. The number of aromatic nitrogens is 2. The van der Waals surface area contributed by atoms with E-state index >= 15 is 0 Å². The van der Waals surface area contributed by atoms with Gasteiger partial charge in [-0.05, 0) is 32.0 Å². The molecule has 0 aliphatic carbocycles. The quantitative estimate of drug-likeness (QED) is 0.785. The SMILES string of the molecule is C[C@@H](CN1CCCC1)C(=O)NCCc1ccn[nH]1. The van der Waals surface area contributed by atoms with Crippen molar-refractivity contribution in [2.75, 3.05) is 26.2 Å². The minimum atomic E-state index is 0.0740. The molecule has 18 heavy (non-hydrogen) atoms. The lowest BCUT2D eigenvalue weighted by Gasteiger charge is -2.19. The second-order valence-corrected chi connectivity index (χ2v) is 5.03. The van der Waals surface area contributed by atoms with Crippen molar-refractivity contribution in [1.29, 1.82) is 0 Å². The van der Waals surface area contributed by atoms with Crippen molar-refractivity contribution >= 4 is 5.91 Å². The lowest BCUT2D eigenvalue weighted by Crippen LogP contribution is -2.37. The Morgan fingerprint density at radius 1 is 1.56 bits per heavy atom. The number of hydrogen-bond donors (Lipinski definition) is 2. The van der Waals surface area contributed by atoms with E-state index in [2.05, 4.69) is 20.4 Å². The van der Waals surface area contributed by atoms with Crippen LogP contribution in [-0.2, 0) is 11.2 Å². The molecular formula is C13H22N4O. The maximum Gasteiger partial charge on any atom is 0.224 e. The molecule has 0 aromatic carbocycles. The summed E-state index contributed by atoms with van der Waals surface area (Å²) in [6, 6.07) is 1.93. The van der Waals surface area contributed by atoms with Crippen LogP contribution in [0.15, 0.2) is 12.3 Å². The van der Waals surface area contributed by atoms with Crippen LogP contribution in [-0.4, -0.2) is 47.2 Å². The van der Waals surface area contributed by atoms with E-state index < -0.39 is 0 Å². The molecule has 2 heterocycles. The summed E-state index contributed by atoms with van der Waals surface area (Å²) in [5, 5.41) is 9.75. The molecule has 0 spiro atoms. The van der Waals surface area contributed by atoms with Crippen LogP contribution < -0.4 is 5.32 Å². The Morgan fingerprint density at radius 2 is 2.33 bits per heavy atom. The second-order valence-electron chi connectivity index (χ2n) is 5.03. The van der Waals surface area contributed by atoms with Gasteiger partial charge < -0.3 is 10.2 Å². The molecule has 1 aromatic rings. The minimum Gasteiger partial charge on any atom is -0.355 e. The zero-order chi connectivity index (χ0) is 12.8. The van der Waals surface area contributed by atoms with Gasteiger partial charge in [0.2, 0.25) is 5.91 Å². The largest absolute Gasteiger partial charge is 0.355 e. The third kappa shape index (κ3) is 3.84. The summed E-state index contributed by atoms with van der Waals surface area (Å²) in [5.74, 6) is 0.228. The van der Waals surface area contributed by atoms with Crippen molar-refractivity contribution < 1.29 is 4.79 Å². The summed E-state index contributed by atoms with van der Waals surface area (Å²) in [6.07, 6.45) is 5.08. The third-order valence-electron chi connectivity index (χ3n) is 3.43. The number of rotatable bonds is 6. The fourth-order valence-corrected chi connectivity index (χ4v) is 2.35. The normalized spacial score (nSPS) is 17.8. The average molecular weight is 250 g/mol. The Kier molecular flexibility index (Phi) is 4.75. The van der Waals surface area contributed by atoms with Gasteiger partial charge in [0.1, 0.15) is 0 Å². The van der Waals surface area contributed by atoms with Crippen molar-refractivity contribution in [1.82, 2.24) is 20.4 Å². The summed E-state index contributed by atoms with van der Waals surface area (Å²) in [7, 11) is 0. The molecule has 1 aromatic heterocycles. The molecule has 0 bridgehead atoms. The maximum absolute atomic E-state index is 11.9. The lowest BCUT2D eigenvalue weighted by molar-refractivity contribution is -0.124. The van der Waals surface area contributed by atoms with E-state index in [-0.39, 0.29) is 11.8 Å². The lowest BCUT2D eigenvalue weighted by atomic mass is 10.1. The van der Waals surface area contributed by atoms with Gasteiger partial charge in [0.15, 0.2) is 0 Å². The van der Waals surface area contributed by atoms with E-state index in [0.717, 1.165) is 31.7 Å². The molecule has 1 aliphatic heterocycles. The Balaban J connectivity index is 1.64. The zero-order valence-corrected chi connectivity index (χ0v) is 11.0. The van der Waals surface area contributed by atoms with E-state index in [1.807, 2.05) is 13.0 Å². The Morgan fingerprint density at radius 3 is 3.00 bits per heavy atom. The molecule has 1 atom stereocenters. The molecule has 2 N–H and O–H groups in total. The number of nitrogens with one attached hydrogen (secondary N) is 2. The van der Waals surface area contributed by atoms with E-state index in [4.69, 9.17) is 0 Å². The standard InChI is InChI=1S/C13H22N4O/c1-11(10-17-8-2-3-9-17)13(18)14-6-4-12-5-7-15-16-12/h5,7,11H,2-4,6,8-10H2,1H3,(H,14,18)(H,15,16)/t11-/m0/s1. The van der Waals surface area contributed by atoms with Crippen LogP contribution in [0.2, 0.25) is 0 Å². The van der Waals surface area contributed by atoms with Crippen molar-refractivity contribution in [2.24, 2.45) is 5.92 Å². The predicted octanol–water partition coefficient (Wildman–Crippen LogP) is 0.800. The topological polar surface area (TPSA) is 61.0 Å². The first kappa shape index (κ1) is 13.1. The zero-order valence-electron chi connectivity index (χ0n) is 11.0. The molecule has 1 amide bonds. The van der Waals surface area contributed by atoms with Gasteiger partial charge >= 0.3 is 0 Å². The molecule has 2 rings (SSSR count). The number of carbonyl (C=O) groups is 1. The maximum atomic E-state index is 11.9. The first-order valence-electron chi connectivity index (χ1n) is 6.74. The van der Waals surface area contributed by atoms with Gasteiger partial charge in [0.05, 0.1) is 0 Å². The van der Waals surface area contributed by atoms with Crippen molar-refractivity contribution in [3.63, 3.8) is 0 Å². The highest BCUT2D eigenvalue weighted by Crippen LogP contribution is 2.10. The van der Waals surface area contributed by atoms with Crippen molar-refractivity contribution in [3.05, 3.63) is 18.0 Å². The highest BCUT2D eigenvalue weighted by Gasteiger charge is 2.19. The first-order valence-corrected chi connectivity index (χ1v) is 6.74. The van der Waals surface area contributed by atoms with Gasteiger partial charge in [-0.3, -0.25) is 9.89 Å². The van der Waals surface area contributed by atoms with Crippen LogP contribution in [0.3, 0.4) is 0 Å².